The van der Waals surface area contributed by atoms with Gasteiger partial charge in [0, 0.05) is 37.3 Å². The summed E-state index contributed by atoms with van der Waals surface area (Å²) in [5.74, 6) is 0.579. The molecule has 0 N–H and O–H groups in total. The molecule has 0 aliphatic rings. The fraction of sp³-hybridized carbons (Fsp3) is 0.286. The average molecular weight is 317 g/mol. The van der Waals surface area contributed by atoms with Gasteiger partial charge in [-0.3, -0.25) is 9.48 Å². The van der Waals surface area contributed by atoms with Crippen molar-refractivity contribution in [3.63, 3.8) is 0 Å². The van der Waals surface area contributed by atoms with Crippen LogP contribution >= 0.6 is 11.3 Å². The lowest BCUT2D eigenvalue weighted by atomic mass is 10.3. The van der Waals surface area contributed by atoms with E-state index in [-0.39, 0.29) is 5.91 Å². The van der Waals surface area contributed by atoms with Gasteiger partial charge in [-0.1, -0.05) is 5.16 Å². The Morgan fingerprint density at radius 2 is 2.32 bits per heavy atom. The van der Waals surface area contributed by atoms with Crippen LogP contribution in [0.1, 0.15) is 21.9 Å². The molecule has 3 heterocycles. The minimum absolute atomic E-state index is 0.146. The molecule has 1 amide bonds. The summed E-state index contributed by atoms with van der Waals surface area (Å²) >= 11 is 1.43. The predicted octanol–water partition coefficient (Wildman–Crippen LogP) is 2.11. The van der Waals surface area contributed by atoms with Gasteiger partial charge in [0.1, 0.15) is 22.2 Å². The maximum absolute atomic E-state index is 12.4. The van der Waals surface area contributed by atoms with Crippen molar-refractivity contribution in [2.24, 2.45) is 7.05 Å². The molecule has 0 aliphatic carbocycles. The Hall–Kier alpha value is -2.48. The van der Waals surface area contributed by atoms with Crippen LogP contribution in [0.5, 0.6) is 0 Å². The van der Waals surface area contributed by atoms with Crippen LogP contribution in [0.4, 0.5) is 0 Å². The standard InChI is InChI=1S/C14H15N5O2S/c1-9-4-11(17-21-9)7-18(2)14(20)12-8-22-13(16-12)10-5-15-19(3)6-10/h4-6,8H,7H2,1-3H3. The van der Waals surface area contributed by atoms with Crippen molar-refractivity contribution in [3.8, 4) is 10.6 Å². The lowest BCUT2D eigenvalue weighted by molar-refractivity contribution is 0.0777. The Morgan fingerprint density at radius 1 is 1.50 bits per heavy atom. The van der Waals surface area contributed by atoms with Crippen molar-refractivity contribution >= 4 is 17.2 Å². The van der Waals surface area contributed by atoms with Crippen molar-refractivity contribution in [2.45, 2.75) is 13.5 Å². The molecule has 3 aromatic heterocycles. The summed E-state index contributed by atoms with van der Waals surface area (Å²) in [7, 11) is 3.56. The van der Waals surface area contributed by atoms with Crippen LogP contribution in [-0.4, -0.2) is 37.8 Å². The first kappa shape index (κ1) is 14.5. The SMILES string of the molecule is Cc1cc(CN(C)C(=O)c2csc(-c3cnn(C)c3)n2)no1. The number of thiazole rings is 1. The molecule has 0 unspecified atom stereocenters. The van der Waals surface area contributed by atoms with Gasteiger partial charge in [-0.05, 0) is 6.92 Å². The zero-order chi connectivity index (χ0) is 15.7. The summed E-state index contributed by atoms with van der Waals surface area (Å²) in [6.45, 7) is 2.20. The third kappa shape index (κ3) is 2.91. The molecule has 0 radical (unpaired) electrons. The second-order valence-corrected chi connectivity index (χ2v) is 5.89. The highest BCUT2D eigenvalue weighted by Gasteiger charge is 2.18. The van der Waals surface area contributed by atoms with Crippen LogP contribution in [-0.2, 0) is 13.6 Å². The number of aromatic nitrogens is 4. The quantitative estimate of drug-likeness (QED) is 0.736. The van der Waals surface area contributed by atoms with E-state index in [1.54, 1.807) is 28.2 Å². The maximum Gasteiger partial charge on any atom is 0.273 e. The van der Waals surface area contributed by atoms with Gasteiger partial charge in [0.2, 0.25) is 0 Å². The van der Waals surface area contributed by atoms with Gasteiger partial charge in [0.15, 0.2) is 0 Å². The second kappa shape index (κ2) is 5.72. The van der Waals surface area contributed by atoms with Gasteiger partial charge in [0.25, 0.3) is 5.91 Å². The topological polar surface area (TPSA) is 77.1 Å². The molecular weight excluding hydrogens is 302 g/mol. The number of nitrogens with zero attached hydrogens (tertiary/aromatic N) is 5. The maximum atomic E-state index is 12.4. The molecule has 3 aromatic rings. The first-order chi connectivity index (χ1) is 10.5. The van der Waals surface area contributed by atoms with E-state index in [0.29, 0.717) is 12.2 Å². The zero-order valence-electron chi connectivity index (χ0n) is 12.5. The van der Waals surface area contributed by atoms with Gasteiger partial charge in [0.05, 0.1) is 12.7 Å². The fourth-order valence-corrected chi connectivity index (χ4v) is 2.81. The number of carbonyl (C=O) groups excluding carboxylic acids is 1. The largest absolute Gasteiger partial charge is 0.361 e. The Labute approximate surface area is 131 Å². The van der Waals surface area contributed by atoms with Gasteiger partial charge < -0.3 is 9.42 Å². The van der Waals surface area contributed by atoms with E-state index in [0.717, 1.165) is 22.0 Å². The molecule has 0 spiro atoms. The summed E-state index contributed by atoms with van der Waals surface area (Å²) in [5, 5.41) is 10.5. The Balaban J connectivity index is 1.73. The summed E-state index contributed by atoms with van der Waals surface area (Å²) in [4.78, 5) is 18.4. The minimum Gasteiger partial charge on any atom is -0.361 e. The van der Waals surface area contributed by atoms with Crippen LogP contribution in [0.2, 0.25) is 0 Å². The monoisotopic (exact) mass is 317 g/mol. The summed E-state index contributed by atoms with van der Waals surface area (Å²) in [6.07, 6.45) is 3.60. The average Bonchev–Trinajstić information content (AvgIpc) is 3.19. The predicted molar refractivity (Wildman–Crippen MR) is 81.4 cm³/mol. The molecule has 0 bridgehead atoms. The minimum atomic E-state index is -0.146. The molecule has 0 saturated carbocycles. The molecule has 0 aromatic carbocycles. The van der Waals surface area contributed by atoms with Crippen LogP contribution in [0, 0.1) is 6.92 Å². The van der Waals surface area contributed by atoms with E-state index in [1.807, 2.05) is 26.2 Å². The third-order valence-corrected chi connectivity index (χ3v) is 3.99. The highest BCUT2D eigenvalue weighted by molar-refractivity contribution is 7.13. The first-order valence-corrected chi connectivity index (χ1v) is 7.53. The van der Waals surface area contributed by atoms with Crippen molar-refractivity contribution in [1.29, 1.82) is 0 Å². The molecule has 0 saturated heterocycles. The molecule has 22 heavy (non-hydrogen) atoms. The number of carbonyl (C=O) groups is 1. The van der Waals surface area contributed by atoms with Gasteiger partial charge in [-0.25, -0.2) is 4.98 Å². The highest BCUT2D eigenvalue weighted by atomic mass is 32.1. The van der Waals surface area contributed by atoms with Crippen molar-refractivity contribution in [2.75, 3.05) is 7.05 Å². The van der Waals surface area contributed by atoms with Crippen LogP contribution in [0.25, 0.3) is 10.6 Å². The molecule has 8 heteroatoms. The van der Waals surface area contributed by atoms with E-state index in [2.05, 4.69) is 15.2 Å². The summed E-state index contributed by atoms with van der Waals surface area (Å²) in [5.41, 5.74) is 2.05. The first-order valence-electron chi connectivity index (χ1n) is 6.65. The van der Waals surface area contributed by atoms with Crippen LogP contribution in [0.3, 0.4) is 0 Å². The van der Waals surface area contributed by atoms with E-state index < -0.39 is 0 Å². The van der Waals surface area contributed by atoms with E-state index >= 15 is 0 Å². The highest BCUT2D eigenvalue weighted by Crippen LogP contribution is 2.23. The van der Waals surface area contributed by atoms with Gasteiger partial charge in [-0.15, -0.1) is 11.3 Å². The number of rotatable bonds is 4. The Morgan fingerprint density at radius 3 is 2.95 bits per heavy atom. The Bertz CT molecular complexity index is 804. The van der Waals surface area contributed by atoms with Crippen molar-refractivity contribution < 1.29 is 9.32 Å². The molecule has 0 atom stereocenters. The van der Waals surface area contributed by atoms with Crippen LogP contribution < -0.4 is 0 Å². The van der Waals surface area contributed by atoms with Gasteiger partial charge >= 0.3 is 0 Å². The fourth-order valence-electron chi connectivity index (χ4n) is 2.04. The van der Waals surface area contributed by atoms with Gasteiger partial charge in [-0.2, -0.15) is 5.10 Å². The van der Waals surface area contributed by atoms with E-state index in [9.17, 15) is 4.79 Å². The molecule has 7 nitrogen and oxygen atoms in total. The molecule has 0 aliphatic heterocycles. The second-order valence-electron chi connectivity index (χ2n) is 5.03. The van der Waals surface area contributed by atoms with E-state index in [4.69, 9.17) is 4.52 Å². The molecule has 3 rings (SSSR count). The summed E-state index contributed by atoms with van der Waals surface area (Å²) < 4.78 is 6.71. The number of hydrogen-bond acceptors (Lipinski definition) is 6. The molecule has 114 valence electrons. The third-order valence-electron chi connectivity index (χ3n) is 3.10. The van der Waals surface area contributed by atoms with Crippen molar-refractivity contribution in [1.82, 2.24) is 24.8 Å². The lowest BCUT2D eigenvalue weighted by Crippen LogP contribution is -2.26. The smallest absolute Gasteiger partial charge is 0.273 e. The number of aryl methyl sites for hydroxylation is 2. The molecular formula is C14H15N5O2S. The Kier molecular flexibility index (Phi) is 3.76. The van der Waals surface area contributed by atoms with Crippen molar-refractivity contribution in [3.05, 3.63) is 41.0 Å². The van der Waals surface area contributed by atoms with E-state index in [1.165, 1.54) is 11.3 Å². The lowest BCUT2D eigenvalue weighted by Gasteiger charge is -2.13. The number of amides is 1. The zero-order valence-corrected chi connectivity index (χ0v) is 13.3. The summed E-state index contributed by atoms with van der Waals surface area (Å²) in [6, 6.07) is 1.81. The van der Waals surface area contributed by atoms with Crippen LogP contribution in [0.15, 0.2) is 28.4 Å². The normalized spacial score (nSPS) is 10.9. The number of hydrogen-bond donors (Lipinski definition) is 0. The molecule has 0 fully saturated rings.